The van der Waals surface area contributed by atoms with Crippen LogP contribution in [0.1, 0.15) is 37.8 Å². The van der Waals surface area contributed by atoms with E-state index in [0.29, 0.717) is 11.3 Å². The first-order chi connectivity index (χ1) is 9.28. The monoisotopic (exact) mass is 296 g/mol. The molecule has 1 atom stereocenters. The van der Waals surface area contributed by atoms with Gasteiger partial charge in [-0.15, -0.1) is 0 Å². The molecule has 112 valence electrons. The second-order valence-electron chi connectivity index (χ2n) is 5.48. The summed E-state index contributed by atoms with van der Waals surface area (Å²) in [5.74, 6) is -0.762. The van der Waals surface area contributed by atoms with Crippen molar-refractivity contribution < 1.29 is 19.4 Å². The molecular formula is C15H24O4Si. The largest absolute Gasteiger partial charge is 0.547 e. The number of aryl methyl sites for hydroxylation is 1. The number of hydrogen-bond donors (Lipinski definition) is 2. The highest BCUT2D eigenvalue weighted by atomic mass is 28.3. The van der Waals surface area contributed by atoms with E-state index in [1.54, 1.807) is 6.07 Å². The van der Waals surface area contributed by atoms with Gasteiger partial charge in [-0.1, -0.05) is 25.5 Å². The number of carboxylic acid groups (broad SMARTS) is 1. The number of unbranched alkanes of at least 4 members (excludes halogenated alkanes) is 1. The van der Waals surface area contributed by atoms with E-state index in [-0.39, 0.29) is 0 Å². The summed E-state index contributed by atoms with van der Waals surface area (Å²) < 4.78 is 5.82. The van der Waals surface area contributed by atoms with E-state index in [1.807, 2.05) is 25.2 Å². The molecule has 1 aromatic carbocycles. The van der Waals surface area contributed by atoms with Crippen LogP contribution in [0.3, 0.4) is 0 Å². The van der Waals surface area contributed by atoms with E-state index in [0.717, 1.165) is 24.8 Å². The SMILES string of the molecule is CCCCc1ccc(C(C)(O)C(=O)O)c(O[SiH](C)C)c1. The Bertz CT molecular complexity index is 469. The summed E-state index contributed by atoms with van der Waals surface area (Å²) in [5.41, 5.74) is -0.491. The topological polar surface area (TPSA) is 66.8 Å². The molecule has 1 unspecified atom stereocenters. The van der Waals surface area contributed by atoms with Gasteiger partial charge in [-0.05, 0) is 44.5 Å². The Morgan fingerprint density at radius 3 is 2.55 bits per heavy atom. The number of hydrogen-bond acceptors (Lipinski definition) is 3. The van der Waals surface area contributed by atoms with Gasteiger partial charge in [-0.3, -0.25) is 0 Å². The van der Waals surface area contributed by atoms with Gasteiger partial charge in [0.15, 0.2) is 5.60 Å². The highest BCUT2D eigenvalue weighted by molar-refractivity contribution is 6.49. The predicted molar refractivity (Wildman–Crippen MR) is 81.8 cm³/mol. The van der Waals surface area contributed by atoms with Gasteiger partial charge in [0, 0.05) is 5.56 Å². The summed E-state index contributed by atoms with van der Waals surface area (Å²) in [6.45, 7) is 7.43. The van der Waals surface area contributed by atoms with Crippen LogP contribution in [-0.4, -0.2) is 25.2 Å². The summed E-state index contributed by atoms with van der Waals surface area (Å²) >= 11 is 0. The first-order valence-corrected chi connectivity index (χ1v) is 9.83. The quantitative estimate of drug-likeness (QED) is 0.759. The first-order valence-electron chi connectivity index (χ1n) is 7.04. The van der Waals surface area contributed by atoms with Crippen LogP contribution in [0.4, 0.5) is 0 Å². The number of benzene rings is 1. The second-order valence-corrected chi connectivity index (χ2v) is 7.81. The highest BCUT2D eigenvalue weighted by Gasteiger charge is 2.35. The molecule has 0 amide bonds. The van der Waals surface area contributed by atoms with Crippen molar-refractivity contribution >= 4 is 15.0 Å². The van der Waals surface area contributed by atoms with E-state index in [1.165, 1.54) is 6.92 Å². The van der Waals surface area contributed by atoms with Gasteiger partial charge in [0.05, 0.1) is 0 Å². The zero-order valence-electron chi connectivity index (χ0n) is 12.6. The predicted octanol–water partition coefficient (Wildman–Crippen LogP) is 2.68. The van der Waals surface area contributed by atoms with Crippen LogP contribution in [0.2, 0.25) is 13.1 Å². The molecule has 0 aliphatic heterocycles. The Kier molecular flexibility index (Phi) is 5.77. The van der Waals surface area contributed by atoms with E-state index in [4.69, 9.17) is 9.53 Å². The molecule has 0 aromatic heterocycles. The lowest BCUT2D eigenvalue weighted by Gasteiger charge is -2.24. The fourth-order valence-corrected chi connectivity index (χ4v) is 2.67. The molecule has 2 N–H and O–H groups in total. The maximum Gasteiger partial charge on any atom is 0.340 e. The Morgan fingerprint density at radius 1 is 1.40 bits per heavy atom. The van der Waals surface area contributed by atoms with E-state index in [9.17, 15) is 9.90 Å². The maximum absolute atomic E-state index is 11.2. The zero-order chi connectivity index (χ0) is 15.3. The van der Waals surface area contributed by atoms with Crippen LogP contribution in [0.5, 0.6) is 5.75 Å². The minimum absolute atomic E-state index is 0.325. The zero-order valence-corrected chi connectivity index (χ0v) is 13.8. The average Bonchev–Trinajstić information content (AvgIpc) is 2.35. The smallest absolute Gasteiger partial charge is 0.340 e. The minimum Gasteiger partial charge on any atom is -0.547 e. The van der Waals surface area contributed by atoms with Crippen LogP contribution < -0.4 is 4.43 Å². The molecule has 0 fully saturated rings. The Balaban J connectivity index is 3.19. The number of aliphatic carboxylic acids is 1. The van der Waals surface area contributed by atoms with Crippen molar-refractivity contribution in [2.24, 2.45) is 0 Å². The molecule has 0 saturated heterocycles. The first kappa shape index (κ1) is 16.7. The molecule has 0 aliphatic carbocycles. The molecule has 0 bridgehead atoms. The van der Waals surface area contributed by atoms with Gasteiger partial charge in [-0.2, -0.15) is 0 Å². The van der Waals surface area contributed by atoms with Crippen LogP contribution in [0.15, 0.2) is 18.2 Å². The lowest BCUT2D eigenvalue weighted by Crippen LogP contribution is -2.33. The van der Waals surface area contributed by atoms with E-state index in [2.05, 4.69) is 6.92 Å². The van der Waals surface area contributed by atoms with Gasteiger partial charge < -0.3 is 14.6 Å². The van der Waals surface area contributed by atoms with Gasteiger partial charge in [0.2, 0.25) is 9.04 Å². The number of aliphatic hydroxyl groups is 1. The third-order valence-corrected chi connectivity index (χ3v) is 3.89. The lowest BCUT2D eigenvalue weighted by molar-refractivity contribution is -0.157. The fourth-order valence-electron chi connectivity index (χ4n) is 1.97. The summed E-state index contributed by atoms with van der Waals surface area (Å²) in [6, 6.07) is 5.41. The molecule has 0 aliphatic rings. The van der Waals surface area contributed by atoms with Crippen molar-refractivity contribution in [1.82, 2.24) is 0 Å². The Labute approximate surface area is 122 Å². The molecule has 0 heterocycles. The van der Waals surface area contributed by atoms with Crippen molar-refractivity contribution in [1.29, 1.82) is 0 Å². The number of carbonyl (C=O) groups is 1. The van der Waals surface area contributed by atoms with E-state index < -0.39 is 20.6 Å². The summed E-state index contributed by atoms with van der Waals surface area (Å²) in [4.78, 5) is 11.2. The Hall–Kier alpha value is -1.33. The minimum atomic E-state index is -1.93. The summed E-state index contributed by atoms with van der Waals surface area (Å²) in [6.07, 6.45) is 3.11. The van der Waals surface area contributed by atoms with Crippen LogP contribution >= 0.6 is 0 Å². The molecule has 0 spiro atoms. The van der Waals surface area contributed by atoms with Gasteiger partial charge >= 0.3 is 5.97 Å². The second kappa shape index (κ2) is 6.90. The van der Waals surface area contributed by atoms with Crippen molar-refractivity contribution in [3.8, 4) is 5.75 Å². The van der Waals surface area contributed by atoms with Crippen LogP contribution in [0.25, 0.3) is 0 Å². The fraction of sp³-hybridized carbons (Fsp3) is 0.533. The Morgan fingerprint density at radius 2 is 2.05 bits per heavy atom. The molecule has 0 radical (unpaired) electrons. The lowest BCUT2D eigenvalue weighted by atomic mass is 9.93. The standard InChI is InChI=1S/C15H24O4Si/c1-5-6-7-11-8-9-12(15(2,18)14(16)17)13(10-11)19-20(3)4/h8-10,18,20H,5-7H2,1-4H3,(H,16,17). The highest BCUT2D eigenvalue weighted by Crippen LogP contribution is 2.32. The maximum atomic E-state index is 11.2. The summed E-state index contributed by atoms with van der Waals surface area (Å²) in [5, 5.41) is 19.3. The molecule has 20 heavy (non-hydrogen) atoms. The normalized spacial score (nSPS) is 14.1. The van der Waals surface area contributed by atoms with Gasteiger partial charge in [0.25, 0.3) is 0 Å². The third kappa shape index (κ3) is 4.08. The van der Waals surface area contributed by atoms with Gasteiger partial charge in [-0.25, -0.2) is 4.79 Å². The van der Waals surface area contributed by atoms with Crippen LogP contribution in [0, 0.1) is 0 Å². The number of rotatable bonds is 7. The van der Waals surface area contributed by atoms with Crippen molar-refractivity contribution in [2.75, 3.05) is 0 Å². The molecule has 5 heteroatoms. The molecular weight excluding hydrogens is 272 g/mol. The van der Waals surface area contributed by atoms with Gasteiger partial charge in [0.1, 0.15) is 5.75 Å². The average molecular weight is 296 g/mol. The molecule has 1 rings (SSSR count). The van der Waals surface area contributed by atoms with Crippen molar-refractivity contribution in [3.05, 3.63) is 29.3 Å². The van der Waals surface area contributed by atoms with Crippen LogP contribution in [-0.2, 0) is 16.8 Å². The third-order valence-electron chi connectivity index (χ3n) is 3.17. The summed E-state index contributed by atoms with van der Waals surface area (Å²) in [7, 11) is -1.38. The molecule has 4 nitrogen and oxygen atoms in total. The molecule has 0 saturated carbocycles. The van der Waals surface area contributed by atoms with Crippen molar-refractivity contribution in [3.63, 3.8) is 0 Å². The molecule has 1 aromatic rings. The van der Waals surface area contributed by atoms with E-state index >= 15 is 0 Å². The number of carboxylic acids is 1. The van der Waals surface area contributed by atoms with Crippen molar-refractivity contribution in [2.45, 2.75) is 51.8 Å².